The van der Waals surface area contributed by atoms with E-state index in [1.54, 1.807) is 0 Å². The van der Waals surface area contributed by atoms with Crippen molar-refractivity contribution in [1.82, 2.24) is 9.78 Å². The predicted molar refractivity (Wildman–Crippen MR) is 89.9 cm³/mol. The van der Waals surface area contributed by atoms with Crippen LogP contribution in [0.25, 0.3) is 0 Å². The Hall–Kier alpha value is -1.97. The maximum absolute atomic E-state index is 4.47. The zero-order valence-corrected chi connectivity index (χ0v) is 13.6. The van der Waals surface area contributed by atoms with Gasteiger partial charge in [0.05, 0.1) is 17.9 Å². The summed E-state index contributed by atoms with van der Waals surface area (Å²) in [4.78, 5) is 2.35. The molecule has 0 saturated heterocycles. The summed E-state index contributed by atoms with van der Waals surface area (Å²) < 4.78 is 1.95. The van der Waals surface area contributed by atoms with Crippen LogP contribution in [0.1, 0.15) is 32.2 Å². The van der Waals surface area contributed by atoms with Crippen molar-refractivity contribution in [3.05, 3.63) is 41.7 Å². The summed E-state index contributed by atoms with van der Waals surface area (Å²) in [6.45, 7) is 9.38. The zero-order chi connectivity index (χ0) is 15.2. The fraction of sp³-hybridized carbons (Fsp3) is 0.471. The molecule has 114 valence electrons. The summed E-state index contributed by atoms with van der Waals surface area (Å²) in [7, 11) is 2.00. The molecule has 0 unspecified atom stereocenters. The van der Waals surface area contributed by atoms with Crippen molar-refractivity contribution in [3.8, 4) is 0 Å². The maximum Gasteiger partial charge on any atom is 0.0625 e. The van der Waals surface area contributed by atoms with E-state index in [4.69, 9.17) is 0 Å². The number of hydrogen-bond donors (Lipinski definition) is 1. The lowest BCUT2D eigenvalue weighted by Crippen LogP contribution is -2.21. The molecule has 0 fully saturated rings. The monoisotopic (exact) mass is 286 g/mol. The highest BCUT2D eigenvalue weighted by atomic mass is 15.3. The largest absolute Gasteiger partial charge is 0.379 e. The third kappa shape index (κ3) is 3.78. The zero-order valence-electron chi connectivity index (χ0n) is 13.6. The highest BCUT2D eigenvalue weighted by Crippen LogP contribution is 2.18. The molecule has 1 aromatic carbocycles. The van der Waals surface area contributed by atoms with E-state index in [2.05, 4.69) is 66.4 Å². The molecule has 0 aliphatic heterocycles. The molecular weight excluding hydrogens is 260 g/mol. The molecule has 0 radical (unpaired) electrons. The predicted octanol–water partition coefficient (Wildman–Crippen LogP) is 3.44. The van der Waals surface area contributed by atoms with E-state index in [1.165, 1.54) is 11.4 Å². The Morgan fingerprint density at radius 2 is 1.76 bits per heavy atom. The number of nitrogens with one attached hydrogen (secondary N) is 1. The van der Waals surface area contributed by atoms with Gasteiger partial charge in [0.15, 0.2) is 0 Å². The molecule has 4 heteroatoms. The Bertz CT molecular complexity index is 553. The van der Waals surface area contributed by atoms with Crippen LogP contribution >= 0.6 is 0 Å². The lowest BCUT2D eigenvalue weighted by molar-refractivity contribution is 0.707. The summed E-state index contributed by atoms with van der Waals surface area (Å²) in [5, 5.41) is 7.93. The second kappa shape index (κ2) is 7.16. The van der Waals surface area contributed by atoms with E-state index in [1.807, 2.05) is 11.7 Å². The van der Waals surface area contributed by atoms with Gasteiger partial charge in [-0.3, -0.25) is 4.68 Å². The molecule has 0 atom stereocenters. The molecule has 0 aliphatic carbocycles. The van der Waals surface area contributed by atoms with Gasteiger partial charge in [0.1, 0.15) is 0 Å². The van der Waals surface area contributed by atoms with E-state index in [-0.39, 0.29) is 0 Å². The average Bonchev–Trinajstić information content (AvgIpc) is 2.88. The van der Waals surface area contributed by atoms with E-state index < -0.39 is 0 Å². The van der Waals surface area contributed by atoms with Gasteiger partial charge in [-0.05, 0) is 50.6 Å². The van der Waals surface area contributed by atoms with Gasteiger partial charge in [-0.1, -0.05) is 6.92 Å². The summed E-state index contributed by atoms with van der Waals surface area (Å²) in [5.74, 6) is 0. The number of aromatic nitrogens is 2. The van der Waals surface area contributed by atoms with Crippen molar-refractivity contribution in [2.45, 2.75) is 33.7 Å². The Kier molecular flexibility index (Phi) is 5.26. The van der Waals surface area contributed by atoms with Crippen molar-refractivity contribution in [3.63, 3.8) is 0 Å². The van der Waals surface area contributed by atoms with Crippen LogP contribution in [-0.4, -0.2) is 22.9 Å². The topological polar surface area (TPSA) is 33.1 Å². The van der Waals surface area contributed by atoms with Crippen molar-refractivity contribution in [2.24, 2.45) is 7.05 Å². The number of aryl methyl sites for hydroxylation is 2. The first kappa shape index (κ1) is 15.4. The number of rotatable bonds is 7. The molecule has 1 heterocycles. The molecule has 0 saturated carbocycles. The fourth-order valence-corrected chi connectivity index (χ4v) is 2.48. The van der Waals surface area contributed by atoms with Crippen LogP contribution in [0.4, 0.5) is 11.4 Å². The summed E-state index contributed by atoms with van der Waals surface area (Å²) in [6, 6.07) is 10.8. The van der Waals surface area contributed by atoms with Crippen LogP contribution in [0, 0.1) is 0 Å². The Balaban J connectivity index is 1.98. The van der Waals surface area contributed by atoms with Crippen LogP contribution in [0.15, 0.2) is 30.3 Å². The molecular formula is C17H26N4. The molecule has 4 nitrogen and oxygen atoms in total. The summed E-state index contributed by atoms with van der Waals surface area (Å²) in [6.07, 6.45) is 0.979. The number of anilines is 2. The number of benzene rings is 1. The fourth-order valence-electron chi connectivity index (χ4n) is 2.48. The summed E-state index contributed by atoms with van der Waals surface area (Å²) >= 11 is 0. The van der Waals surface area contributed by atoms with Crippen LogP contribution in [0.5, 0.6) is 0 Å². The second-order valence-electron chi connectivity index (χ2n) is 5.18. The first-order valence-electron chi connectivity index (χ1n) is 7.78. The number of nitrogens with zero attached hydrogens (tertiary/aromatic N) is 3. The smallest absolute Gasteiger partial charge is 0.0625 e. The van der Waals surface area contributed by atoms with Crippen LogP contribution < -0.4 is 10.2 Å². The van der Waals surface area contributed by atoms with Crippen molar-refractivity contribution in [1.29, 1.82) is 0 Å². The molecule has 0 bridgehead atoms. The lowest BCUT2D eigenvalue weighted by atomic mass is 10.2. The van der Waals surface area contributed by atoms with Gasteiger partial charge in [-0.2, -0.15) is 5.10 Å². The van der Waals surface area contributed by atoms with Crippen LogP contribution in [0.3, 0.4) is 0 Å². The number of hydrogen-bond acceptors (Lipinski definition) is 3. The molecule has 21 heavy (non-hydrogen) atoms. The standard InChI is InChI=1S/C17H26N4/c1-5-14-12-17(20(4)19-14)13-18-15-8-10-16(11-9-15)21(6-2)7-3/h8-12,18H,5-7,13H2,1-4H3. The van der Waals surface area contributed by atoms with Crippen LogP contribution in [0.2, 0.25) is 0 Å². The third-order valence-corrected chi connectivity index (χ3v) is 3.86. The van der Waals surface area contributed by atoms with E-state index in [0.717, 1.165) is 37.4 Å². The van der Waals surface area contributed by atoms with Crippen molar-refractivity contribution >= 4 is 11.4 Å². The van der Waals surface area contributed by atoms with E-state index >= 15 is 0 Å². The Labute approximate surface area is 127 Å². The van der Waals surface area contributed by atoms with E-state index in [9.17, 15) is 0 Å². The SMILES string of the molecule is CCc1cc(CNc2ccc(N(CC)CC)cc2)n(C)n1. The van der Waals surface area contributed by atoms with Gasteiger partial charge in [0, 0.05) is 31.5 Å². The van der Waals surface area contributed by atoms with Crippen molar-refractivity contribution in [2.75, 3.05) is 23.3 Å². The molecule has 0 spiro atoms. The van der Waals surface area contributed by atoms with Crippen LogP contribution in [-0.2, 0) is 20.0 Å². The molecule has 0 amide bonds. The quantitative estimate of drug-likeness (QED) is 0.846. The minimum atomic E-state index is 0.800. The average molecular weight is 286 g/mol. The van der Waals surface area contributed by atoms with Gasteiger partial charge in [-0.15, -0.1) is 0 Å². The van der Waals surface area contributed by atoms with Crippen molar-refractivity contribution < 1.29 is 0 Å². The van der Waals surface area contributed by atoms with Gasteiger partial charge >= 0.3 is 0 Å². The molecule has 2 aromatic rings. The van der Waals surface area contributed by atoms with Gasteiger partial charge < -0.3 is 10.2 Å². The first-order valence-corrected chi connectivity index (χ1v) is 7.78. The van der Waals surface area contributed by atoms with Gasteiger partial charge in [0.2, 0.25) is 0 Å². The minimum Gasteiger partial charge on any atom is -0.379 e. The second-order valence-corrected chi connectivity index (χ2v) is 5.18. The first-order chi connectivity index (χ1) is 10.2. The molecule has 2 rings (SSSR count). The Morgan fingerprint density at radius 1 is 1.10 bits per heavy atom. The highest BCUT2D eigenvalue weighted by Gasteiger charge is 2.04. The van der Waals surface area contributed by atoms with Gasteiger partial charge in [0.25, 0.3) is 0 Å². The maximum atomic E-state index is 4.47. The molecule has 1 aromatic heterocycles. The summed E-state index contributed by atoms with van der Waals surface area (Å²) in [5.41, 5.74) is 4.77. The lowest BCUT2D eigenvalue weighted by Gasteiger charge is -2.21. The normalized spacial score (nSPS) is 10.7. The molecule has 0 aliphatic rings. The minimum absolute atomic E-state index is 0.800. The van der Waals surface area contributed by atoms with E-state index in [0.29, 0.717) is 0 Å². The Morgan fingerprint density at radius 3 is 2.29 bits per heavy atom. The highest BCUT2D eigenvalue weighted by molar-refractivity contribution is 5.55. The third-order valence-electron chi connectivity index (χ3n) is 3.86. The van der Waals surface area contributed by atoms with Gasteiger partial charge in [-0.25, -0.2) is 0 Å². The molecule has 1 N–H and O–H groups in total.